The predicted octanol–water partition coefficient (Wildman–Crippen LogP) is 2.62. The molecule has 3 rings (SSSR count). The van der Waals surface area contributed by atoms with Gasteiger partial charge in [-0.1, -0.05) is 0 Å². The molecule has 3 nitrogen and oxygen atoms in total. The Bertz CT molecular complexity index is 537. The summed E-state index contributed by atoms with van der Waals surface area (Å²) < 4.78 is 54.3. The number of aromatic nitrogens is 2. The highest BCUT2D eigenvalue weighted by molar-refractivity contribution is 5.75. The number of rotatable bonds is 3. The Morgan fingerprint density at radius 1 is 1.56 bits per heavy atom. The van der Waals surface area contributed by atoms with Crippen molar-refractivity contribution in [2.24, 2.45) is 5.92 Å². The Labute approximate surface area is 99.8 Å². The van der Waals surface area contributed by atoms with Gasteiger partial charge < -0.3 is 0 Å². The number of carbonyl (C=O) groups is 1. The van der Waals surface area contributed by atoms with Crippen LogP contribution in [0.25, 0.3) is 0 Å². The second-order valence-corrected chi connectivity index (χ2v) is 4.88. The maximum atomic E-state index is 13.9. The van der Waals surface area contributed by atoms with Crippen LogP contribution in [0.5, 0.6) is 0 Å². The van der Waals surface area contributed by atoms with Crippen LogP contribution in [-0.2, 0) is 17.3 Å². The minimum Gasteiger partial charge on any atom is -0.298 e. The van der Waals surface area contributed by atoms with Gasteiger partial charge in [-0.2, -0.15) is 13.9 Å². The van der Waals surface area contributed by atoms with Gasteiger partial charge in [0.2, 0.25) is 0 Å². The number of alkyl halides is 4. The van der Waals surface area contributed by atoms with Gasteiger partial charge in [0.15, 0.2) is 5.78 Å². The van der Waals surface area contributed by atoms with Gasteiger partial charge in [-0.05, 0) is 19.3 Å². The average molecular weight is 262 g/mol. The summed E-state index contributed by atoms with van der Waals surface area (Å²) in [6.07, 6.45) is -2.66. The smallest absolute Gasteiger partial charge is 0.293 e. The first-order valence-electron chi connectivity index (χ1n) is 5.60. The molecule has 0 N–H and O–H groups in total. The van der Waals surface area contributed by atoms with Crippen LogP contribution in [0.4, 0.5) is 17.6 Å². The molecular formula is C11H10F4N2O. The molecule has 0 spiro atoms. The molecule has 2 unspecified atom stereocenters. The van der Waals surface area contributed by atoms with E-state index in [2.05, 4.69) is 5.10 Å². The molecule has 2 atom stereocenters. The van der Waals surface area contributed by atoms with Crippen molar-refractivity contribution in [2.45, 2.75) is 38.2 Å². The minimum absolute atomic E-state index is 0.0266. The topological polar surface area (TPSA) is 34.9 Å². The Morgan fingerprint density at radius 2 is 2.22 bits per heavy atom. The first kappa shape index (κ1) is 11.7. The van der Waals surface area contributed by atoms with Gasteiger partial charge in [0, 0.05) is 11.5 Å². The highest BCUT2D eigenvalue weighted by Crippen LogP contribution is 2.68. The minimum atomic E-state index is -3.14. The Balaban J connectivity index is 2.16. The van der Waals surface area contributed by atoms with Crippen molar-refractivity contribution >= 4 is 5.78 Å². The fourth-order valence-corrected chi connectivity index (χ4v) is 2.79. The molecule has 2 aliphatic rings. The van der Waals surface area contributed by atoms with E-state index < -0.39 is 41.4 Å². The normalized spacial score (nSPS) is 27.2. The lowest BCUT2D eigenvalue weighted by molar-refractivity contribution is -0.118. The van der Waals surface area contributed by atoms with Crippen LogP contribution in [0.2, 0.25) is 0 Å². The quantitative estimate of drug-likeness (QED) is 0.785. The van der Waals surface area contributed by atoms with E-state index in [1.165, 1.54) is 6.92 Å². The number of nitrogens with zero attached hydrogens (tertiary/aromatic N) is 2. The van der Waals surface area contributed by atoms with Crippen LogP contribution in [0.1, 0.15) is 42.6 Å². The second kappa shape index (κ2) is 3.33. The summed E-state index contributed by atoms with van der Waals surface area (Å²) in [4.78, 5) is 11.0. The zero-order chi connectivity index (χ0) is 13.2. The fourth-order valence-electron chi connectivity index (χ4n) is 2.79. The number of hydrogen-bond acceptors (Lipinski definition) is 2. The molecule has 2 aliphatic carbocycles. The number of hydrogen-bond donors (Lipinski definition) is 0. The monoisotopic (exact) mass is 262 g/mol. The Kier molecular flexibility index (Phi) is 2.16. The molecular weight excluding hydrogens is 252 g/mol. The van der Waals surface area contributed by atoms with Crippen molar-refractivity contribution in [1.29, 1.82) is 0 Å². The zero-order valence-corrected chi connectivity index (χ0v) is 9.46. The van der Waals surface area contributed by atoms with Crippen LogP contribution in [0, 0.1) is 5.92 Å². The van der Waals surface area contributed by atoms with E-state index in [9.17, 15) is 22.4 Å². The summed E-state index contributed by atoms with van der Waals surface area (Å²) in [6, 6.07) is 0. The molecule has 1 heterocycles. The lowest BCUT2D eigenvalue weighted by atomic mass is 10.1. The standard InChI is InChI=1S/C11H10F4N2O/c1-4(18)3-17-9-7(8(16-17)10(12)13)5-2-6(5)11(9,14)15/h5-6,10H,2-3H2,1H3. The number of Topliss-reactive ketones (excluding diaryl/α,β-unsaturated/α-hetero) is 1. The van der Waals surface area contributed by atoms with Gasteiger partial charge >= 0.3 is 0 Å². The van der Waals surface area contributed by atoms with Crippen LogP contribution in [-0.4, -0.2) is 15.6 Å². The van der Waals surface area contributed by atoms with Gasteiger partial charge in [-0.25, -0.2) is 8.78 Å². The average Bonchev–Trinajstić information content (AvgIpc) is 2.88. The predicted molar refractivity (Wildman–Crippen MR) is 52.6 cm³/mol. The summed E-state index contributed by atoms with van der Waals surface area (Å²) in [5.41, 5.74) is -1.09. The van der Waals surface area contributed by atoms with Crippen molar-refractivity contribution in [2.75, 3.05) is 0 Å². The number of carbonyl (C=O) groups excluding carboxylic acids is 1. The first-order valence-corrected chi connectivity index (χ1v) is 5.60. The van der Waals surface area contributed by atoms with Crippen molar-refractivity contribution < 1.29 is 22.4 Å². The molecule has 0 radical (unpaired) electrons. The van der Waals surface area contributed by atoms with E-state index in [0.29, 0.717) is 0 Å². The van der Waals surface area contributed by atoms with E-state index in [1.807, 2.05) is 0 Å². The Morgan fingerprint density at radius 3 is 2.78 bits per heavy atom. The van der Waals surface area contributed by atoms with Gasteiger partial charge in [-0.3, -0.25) is 9.48 Å². The van der Waals surface area contributed by atoms with Crippen molar-refractivity contribution in [1.82, 2.24) is 9.78 Å². The lowest BCUT2D eigenvalue weighted by Crippen LogP contribution is -2.22. The van der Waals surface area contributed by atoms with E-state index in [1.54, 1.807) is 0 Å². The third kappa shape index (κ3) is 1.36. The molecule has 98 valence electrons. The van der Waals surface area contributed by atoms with Crippen LogP contribution >= 0.6 is 0 Å². The molecule has 1 aromatic rings. The summed E-state index contributed by atoms with van der Waals surface area (Å²) in [6.45, 7) is 0.827. The lowest BCUT2D eigenvalue weighted by Gasteiger charge is -2.14. The first-order chi connectivity index (χ1) is 8.34. The van der Waals surface area contributed by atoms with E-state index in [0.717, 1.165) is 4.68 Å². The molecule has 18 heavy (non-hydrogen) atoms. The SMILES string of the molecule is CC(=O)Cn1nc(C(F)F)c2c1C(F)(F)C1CC21. The number of halogens is 4. The van der Waals surface area contributed by atoms with Gasteiger partial charge in [0.25, 0.3) is 12.3 Å². The molecule has 7 heteroatoms. The van der Waals surface area contributed by atoms with Gasteiger partial charge in [0.05, 0.1) is 6.54 Å². The zero-order valence-electron chi connectivity index (χ0n) is 9.46. The summed E-state index contributed by atoms with van der Waals surface area (Å²) in [7, 11) is 0. The van der Waals surface area contributed by atoms with Crippen LogP contribution in [0.15, 0.2) is 0 Å². The molecule has 0 bridgehead atoms. The third-order valence-corrected chi connectivity index (χ3v) is 3.54. The van der Waals surface area contributed by atoms with E-state index >= 15 is 0 Å². The van der Waals surface area contributed by atoms with E-state index in [-0.39, 0.29) is 18.5 Å². The van der Waals surface area contributed by atoms with Gasteiger partial charge in [0.1, 0.15) is 11.4 Å². The highest BCUT2D eigenvalue weighted by atomic mass is 19.3. The van der Waals surface area contributed by atoms with Crippen molar-refractivity contribution in [3.05, 3.63) is 17.0 Å². The van der Waals surface area contributed by atoms with E-state index in [4.69, 9.17) is 0 Å². The highest BCUT2D eigenvalue weighted by Gasteiger charge is 2.67. The maximum absolute atomic E-state index is 13.9. The summed E-state index contributed by atoms with van der Waals surface area (Å²) in [5.74, 6) is -4.94. The van der Waals surface area contributed by atoms with Crippen LogP contribution in [0.3, 0.4) is 0 Å². The van der Waals surface area contributed by atoms with Crippen molar-refractivity contribution in [3.63, 3.8) is 0 Å². The third-order valence-electron chi connectivity index (χ3n) is 3.54. The molecule has 1 aromatic heterocycles. The molecule has 0 amide bonds. The molecule has 1 fully saturated rings. The largest absolute Gasteiger partial charge is 0.298 e. The number of fused-ring (bicyclic) bond motifs is 3. The molecule has 1 saturated carbocycles. The van der Waals surface area contributed by atoms with Crippen LogP contribution < -0.4 is 0 Å². The van der Waals surface area contributed by atoms with Gasteiger partial charge in [-0.15, -0.1) is 0 Å². The summed E-state index contributed by atoms with van der Waals surface area (Å²) >= 11 is 0. The molecule has 0 aromatic carbocycles. The Hall–Kier alpha value is -1.40. The number of ketones is 1. The van der Waals surface area contributed by atoms with Crippen molar-refractivity contribution in [3.8, 4) is 0 Å². The second-order valence-electron chi connectivity index (χ2n) is 4.88. The fraction of sp³-hybridized carbons (Fsp3) is 0.636. The summed E-state index contributed by atoms with van der Waals surface area (Å²) in [5, 5.41) is 3.51. The molecule has 0 aliphatic heterocycles. The maximum Gasteiger partial charge on any atom is 0.293 e. The molecule has 0 saturated heterocycles.